The maximum absolute atomic E-state index is 13.4. The zero-order valence-electron chi connectivity index (χ0n) is 53.7. The molecule has 17 unspecified atom stereocenters. The third-order valence-electron chi connectivity index (χ3n) is 16.7. The Labute approximate surface area is 528 Å². The van der Waals surface area contributed by atoms with E-state index in [-0.39, 0.29) is 18.9 Å². The van der Waals surface area contributed by atoms with Crippen LogP contribution in [-0.2, 0) is 33.2 Å². The average Bonchev–Trinajstić information content (AvgIpc) is 3.70. The fourth-order valence-electron chi connectivity index (χ4n) is 11.2. The molecule has 0 saturated carbocycles. The quantitative estimate of drug-likeness (QED) is 0.0200. The molecule has 1 amide bonds. The zero-order valence-corrected chi connectivity index (χ0v) is 53.7. The van der Waals surface area contributed by atoms with Crippen LogP contribution in [0, 0.1) is 0 Å². The molecule has 0 aromatic heterocycles. The lowest BCUT2D eigenvalue weighted by Crippen LogP contribution is -2.66. The van der Waals surface area contributed by atoms with E-state index in [1.54, 1.807) is 6.08 Å². The molecular weight excluding hydrogens is 1130 g/mol. The molecule has 12 N–H and O–H groups in total. The maximum atomic E-state index is 13.4. The summed E-state index contributed by atoms with van der Waals surface area (Å²) in [4.78, 5) is 13.4. The van der Waals surface area contributed by atoms with E-state index in [1.807, 2.05) is 6.08 Å². The van der Waals surface area contributed by atoms with Crippen LogP contribution in [-0.4, -0.2) is 193 Å². The first-order valence-corrected chi connectivity index (χ1v) is 34.2. The Bertz CT molecular complexity index is 1880. The van der Waals surface area contributed by atoms with E-state index in [1.165, 1.54) is 116 Å². The molecule has 19 heteroatoms. The molecule has 510 valence electrons. The van der Waals surface area contributed by atoms with Crippen LogP contribution in [0.25, 0.3) is 0 Å². The smallest absolute Gasteiger partial charge is 0.220 e. The lowest BCUT2D eigenvalue weighted by molar-refractivity contribution is -0.379. The van der Waals surface area contributed by atoms with E-state index >= 15 is 0 Å². The maximum Gasteiger partial charge on any atom is 0.220 e. The highest BCUT2D eigenvalue weighted by molar-refractivity contribution is 5.76. The van der Waals surface area contributed by atoms with E-state index in [0.29, 0.717) is 12.8 Å². The lowest BCUT2D eigenvalue weighted by Gasteiger charge is -2.48. The minimum Gasteiger partial charge on any atom is -0.394 e. The summed E-state index contributed by atoms with van der Waals surface area (Å²) in [5, 5.41) is 120. The molecule has 3 aliphatic rings. The van der Waals surface area contributed by atoms with E-state index in [4.69, 9.17) is 28.4 Å². The van der Waals surface area contributed by atoms with Crippen molar-refractivity contribution in [3.05, 3.63) is 72.9 Å². The molecule has 3 aliphatic heterocycles. The molecule has 0 spiro atoms. The molecule has 19 nitrogen and oxygen atoms in total. The highest BCUT2D eigenvalue weighted by atomic mass is 16.8. The van der Waals surface area contributed by atoms with Gasteiger partial charge in [-0.15, -0.1) is 0 Å². The summed E-state index contributed by atoms with van der Waals surface area (Å²) in [5.41, 5.74) is 0. The van der Waals surface area contributed by atoms with Gasteiger partial charge in [0.2, 0.25) is 5.91 Å². The number of ether oxygens (including phenoxy) is 6. The van der Waals surface area contributed by atoms with Gasteiger partial charge < -0.3 is 89.9 Å². The summed E-state index contributed by atoms with van der Waals surface area (Å²) >= 11 is 0. The molecule has 3 saturated heterocycles. The fourth-order valence-corrected chi connectivity index (χ4v) is 11.2. The average molecular weight is 1250 g/mol. The Morgan fingerprint density at radius 2 is 0.795 bits per heavy atom. The van der Waals surface area contributed by atoms with Crippen molar-refractivity contribution in [1.29, 1.82) is 0 Å². The van der Waals surface area contributed by atoms with Crippen molar-refractivity contribution >= 4 is 5.91 Å². The summed E-state index contributed by atoms with van der Waals surface area (Å²) in [6.07, 6.45) is 35.9. The highest BCUT2D eigenvalue weighted by Crippen LogP contribution is 2.33. The topological polar surface area (TPSA) is 307 Å². The Hall–Kier alpha value is -2.77. The second-order valence-electron chi connectivity index (χ2n) is 24.2. The van der Waals surface area contributed by atoms with Crippen molar-refractivity contribution < 1.29 is 89.4 Å². The van der Waals surface area contributed by atoms with Gasteiger partial charge in [-0.05, 0) is 70.6 Å². The zero-order chi connectivity index (χ0) is 64.0. The third kappa shape index (κ3) is 32.7. The predicted molar refractivity (Wildman–Crippen MR) is 341 cm³/mol. The number of allylic oxidation sites excluding steroid dienone is 11. The predicted octanol–water partition coefficient (Wildman–Crippen LogP) is 8.55. The molecule has 3 rings (SSSR count). The normalized spacial score (nSPS) is 28.9. The first-order valence-electron chi connectivity index (χ1n) is 34.2. The standard InChI is InChI=1S/C69H121NO18/c1-3-5-7-9-11-13-15-17-19-21-23-24-25-26-27-28-29-31-33-35-37-39-41-43-45-47-57(75)70-52(53(74)46-44-42-40-38-36-34-32-30-22-20-18-16-14-12-10-8-6-4-2)51-83-67-63(81)60(78)65(55(49-72)85-67)88-69-64(82)61(79)66(56(50-73)86-69)87-68-62(80)59(77)58(76)54(48-71)84-68/h5,7,11,13,17,19,23-24,36,38,44,46,52-56,58-69,71-74,76-82H,3-4,6,8-10,12,14-16,18,20-22,25-35,37,39-43,45,47-51H2,1-2H3,(H,70,75)/b7-5-,13-11-,19-17-,24-23-,38-36+,46-44+. The summed E-state index contributed by atoms with van der Waals surface area (Å²) in [6.45, 7) is 1.60. The number of carbonyl (C=O) groups is 1. The van der Waals surface area contributed by atoms with E-state index in [2.05, 4.69) is 79.9 Å². The van der Waals surface area contributed by atoms with Gasteiger partial charge in [0.15, 0.2) is 18.9 Å². The molecule has 0 bridgehead atoms. The summed E-state index contributed by atoms with van der Waals surface area (Å²) in [5.74, 6) is -0.290. The summed E-state index contributed by atoms with van der Waals surface area (Å²) in [7, 11) is 0. The Morgan fingerprint density at radius 3 is 1.27 bits per heavy atom. The van der Waals surface area contributed by atoms with E-state index in [0.717, 1.165) is 77.0 Å². The van der Waals surface area contributed by atoms with Gasteiger partial charge in [-0.2, -0.15) is 0 Å². The number of unbranched alkanes of at least 4 members (excludes halogenated alkanes) is 25. The molecule has 88 heavy (non-hydrogen) atoms. The van der Waals surface area contributed by atoms with Gasteiger partial charge in [-0.25, -0.2) is 0 Å². The minimum absolute atomic E-state index is 0.230. The molecule has 0 aliphatic carbocycles. The van der Waals surface area contributed by atoms with Crippen LogP contribution in [0.3, 0.4) is 0 Å². The van der Waals surface area contributed by atoms with E-state index in [9.17, 15) is 61.0 Å². The van der Waals surface area contributed by atoms with Crippen LogP contribution in [0.15, 0.2) is 72.9 Å². The van der Waals surface area contributed by atoms with Gasteiger partial charge in [0.1, 0.15) is 73.2 Å². The molecule has 3 fully saturated rings. The highest BCUT2D eigenvalue weighted by Gasteiger charge is 2.53. The first kappa shape index (κ1) is 79.5. The molecule has 0 aromatic rings. The number of nitrogens with one attached hydrogen (secondary N) is 1. The van der Waals surface area contributed by atoms with Crippen LogP contribution in [0.2, 0.25) is 0 Å². The van der Waals surface area contributed by atoms with Crippen LogP contribution < -0.4 is 5.32 Å². The molecule has 17 atom stereocenters. The molecule has 3 heterocycles. The van der Waals surface area contributed by atoms with Crippen LogP contribution >= 0.6 is 0 Å². The third-order valence-corrected chi connectivity index (χ3v) is 16.7. The molecule has 0 aromatic carbocycles. The minimum atomic E-state index is -1.98. The van der Waals surface area contributed by atoms with Gasteiger partial charge in [0.05, 0.1) is 38.6 Å². The number of rotatable bonds is 51. The molecule has 0 radical (unpaired) electrons. The number of aliphatic hydroxyl groups excluding tert-OH is 11. The largest absolute Gasteiger partial charge is 0.394 e. The number of hydrogen-bond donors (Lipinski definition) is 12. The van der Waals surface area contributed by atoms with Gasteiger partial charge in [-0.3, -0.25) is 4.79 Å². The monoisotopic (exact) mass is 1250 g/mol. The van der Waals surface area contributed by atoms with Crippen molar-refractivity contribution in [2.45, 2.75) is 330 Å². The van der Waals surface area contributed by atoms with Crippen molar-refractivity contribution in [1.82, 2.24) is 5.32 Å². The van der Waals surface area contributed by atoms with Gasteiger partial charge in [0.25, 0.3) is 0 Å². The number of carbonyl (C=O) groups excluding carboxylic acids is 1. The van der Waals surface area contributed by atoms with Crippen molar-refractivity contribution in [2.75, 3.05) is 26.4 Å². The first-order chi connectivity index (χ1) is 42.8. The molecular formula is C69H121NO18. The van der Waals surface area contributed by atoms with Crippen molar-refractivity contribution in [3.8, 4) is 0 Å². The second-order valence-corrected chi connectivity index (χ2v) is 24.2. The SMILES string of the molecule is CC/C=C\C/C=C\C/C=C\C/C=C\CCCCCCCCCCCCCCC(=O)NC(COC1OC(CO)C(OC2OC(CO)C(OC3OC(CO)C(O)C(O)C3O)C(O)C2O)C(O)C1O)C(O)/C=C/CC/C=C/CCCCCCCCCCCCCC. The lowest BCUT2D eigenvalue weighted by atomic mass is 9.96. The van der Waals surface area contributed by atoms with Gasteiger partial charge in [0, 0.05) is 6.42 Å². The van der Waals surface area contributed by atoms with E-state index < -0.39 is 124 Å². The van der Waals surface area contributed by atoms with Gasteiger partial charge >= 0.3 is 0 Å². The van der Waals surface area contributed by atoms with Gasteiger partial charge in [-0.1, -0.05) is 222 Å². The second kappa shape index (κ2) is 50.7. The number of hydrogen-bond acceptors (Lipinski definition) is 18. The van der Waals surface area contributed by atoms with Crippen LogP contribution in [0.4, 0.5) is 0 Å². The Kier molecular flexibility index (Phi) is 45.8. The fraction of sp³-hybridized carbons (Fsp3) is 0.812. The summed E-state index contributed by atoms with van der Waals surface area (Å²) < 4.78 is 34.3. The van der Waals surface area contributed by atoms with Crippen LogP contribution in [0.1, 0.15) is 226 Å². The Balaban J connectivity index is 1.45. The van der Waals surface area contributed by atoms with Crippen molar-refractivity contribution in [3.63, 3.8) is 0 Å². The van der Waals surface area contributed by atoms with Crippen molar-refractivity contribution in [2.24, 2.45) is 0 Å². The number of amides is 1. The number of aliphatic hydroxyl groups is 11. The van der Waals surface area contributed by atoms with Crippen LogP contribution in [0.5, 0.6) is 0 Å². The Morgan fingerprint density at radius 1 is 0.420 bits per heavy atom. The summed E-state index contributed by atoms with van der Waals surface area (Å²) in [6, 6.07) is -0.995.